The second-order valence-corrected chi connectivity index (χ2v) is 4.11. The molecule has 0 spiro atoms. The number of carbonyl (C=O) groups is 1. The van der Waals surface area contributed by atoms with Gasteiger partial charge in [0.1, 0.15) is 0 Å². The number of alkyl halides is 3. The topological polar surface area (TPSA) is 44.1 Å². The quantitative estimate of drug-likeness (QED) is 0.796. The average Bonchev–Trinajstić information content (AvgIpc) is 2.79. The number of esters is 1. The number of benzene rings is 1. The summed E-state index contributed by atoms with van der Waals surface area (Å²) in [5.41, 5.74) is 0.434. The highest BCUT2D eigenvalue weighted by molar-refractivity contribution is 5.88. The number of nitrogens with zero attached hydrogens (tertiary/aromatic N) is 2. The molecule has 0 amide bonds. The summed E-state index contributed by atoms with van der Waals surface area (Å²) >= 11 is 0. The minimum Gasteiger partial charge on any atom is -0.464 e. The van der Waals surface area contributed by atoms with Gasteiger partial charge < -0.3 is 4.74 Å². The monoisotopic (exact) mass is 284 g/mol. The normalized spacial score (nSPS) is 11.4. The van der Waals surface area contributed by atoms with Crippen LogP contribution in [0.2, 0.25) is 0 Å². The van der Waals surface area contributed by atoms with Crippen molar-refractivity contribution in [2.75, 3.05) is 7.11 Å². The molecule has 0 bridgehead atoms. The Morgan fingerprint density at radius 3 is 2.35 bits per heavy atom. The number of methoxy groups -OCH3 is 1. The van der Waals surface area contributed by atoms with Gasteiger partial charge in [-0.1, -0.05) is 12.1 Å². The Morgan fingerprint density at radius 2 is 1.85 bits per heavy atom. The molecule has 2 aromatic rings. The van der Waals surface area contributed by atoms with Gasteiger partial charge in [-0.25, -0.2) is 4.79 Å². The van der Waals surface area contributed by atoms with Gasteiger partial charge in [0.15, 0.2) is 5.69 Å². The number of rotatable bonds is 2. The largest absolute Gasteiger partial charge is 0.464 e. The second kappa shape index (κ2) is 4.99. The molecule has 0 radical (unpaired) electrons. The summed E-state index contributed by atoms with van der Waals surface area (Å²) in [5.74, 6) is -0.598. The highest BCUT2D eigenvalue weighted by atomic mass is 19.4. The Balaban J connectivity index is 2.37. The van der Waals surface area contributed by atoms with Crippen LogP contribution in [0.4, 0.5) is 13.2 Å². The van der Waals surface area contributed by atoms with Crippen molar-refractivity contribution in [2.24, 2.45) is 7.05 Å². The van der Waals surface area contributed by atoms with E-state index in [1.165, 1.54) is 30.0 Å². The summed E-state index contributed by atoms with van der Waals surface area (Å²) in [6.07, 6.45) is -4.37. The van der Waals surface area contributed by atoms with Gasteiger partial charge >= 0.3 is 12.1 Å². The van der Waals surface area contributed by atoms with Crippen LogP contribution >= 0.6 is 0 Å². The zero-order valence-corrected chi connectivity index (χ0v) is 10.7. The van der Waals surface area contributed by atoms with Crippen LogP contribution in [-0.4, -0.2) is 22.9 Å². The Bertz CT molecular complexity index is 630. The van der Waals surface area contributed by atoms with Gasteiger partial charge in [-0.3, -0.25) is 4.68 Å². The number of aromatic nitrogens is 2. The van der Waals surface area contributed by atoms with E-state index in [0.29, 0.717) is 11.3 Å². The molecule has 20 heavy (non-hydrogen) atoms. The first kappa shape index (κ1) is 14.1. The molecule has 1 heterocycles. The smallest absolute Gasteiger partial charge is 0.416 e. The number of carbonyl (C=O) groups excluding carboxylic acids is 1. The SMILES string of the molecule is COC(=O)c1cc(-c2ccc(C(F)(F)F)cc2)n(C)n1. The minimum atomic E-state index is -4.37. The molecule has 0 atom stereocenters. The van der Waals surface area contributed by atoms with E-state index >= 15 is 0 Å². The van der Waals surface area contributed by atoms with Gasteiger partial charge in [-0.15, -0.1) is 0 Å². The maximum absolute atomic E-state index is 12.5. The number of hydrogen-bond donors (Lipinski definition) is 0. The molecule has 0 saturated heterocycles. The maximum Gasteiger partial charge on any atom is 0.416 e. The Labute approximate surface area is 112 Å². The number of halogens is 3. The van der Waals surface area contributed by atoms with Crippen molar-refractivity contribution in [1.82, 2.24) is 9.78 Å². The van der Waals surface area contributed by atoms with E-state index in [1.807, 2.05) is 0 Å². The third-order valence-corrected chi connectivity index (χ3v) is 2.78. The Morgan fingerprint density at radius 1 is 1.25 bits per heavy atom. The van der Waals surface area contributed by atoms with E-state index in [9.17, 15) is 18.0 Å². The summed E-state index contributed by atoms with van der Waals surface area (Å²) < 4.78 is 43.4. The fourth-order valence-electron chi connectivity index (χ4n) is 1.77. The van der Waals surface area contributed by atoms with Crippen LogP contribution in [0.15, 0.2) is 30.3 Å². The van der Waals surface area contributed by atoms with Gasteiger partial charge in [0, 0.05) is 7.05 Å². The van der Waals surface area contributed by atoms with Crippen LogP contribution in [0.1, 0.15) is 16.1 Å². The predicted octanol–water partition coefficient (Wildman–Crippen LogP) is 2.89. The fourth-order valence-corrected chi connectivity index (χ4v) is 1.77. The van der Waals surface area contributed by atoms with Crippen molar-refractivity contribution >= 4 is 5.97 Å². The Kier molecular flexibility index (Phi) is 3.52. The molecule has 4 nitrogen and oxygen atoms in total. The van der Waals surface area contributed by atoms with Crippen molar-refractivity contribution in [1.29, 1.82) is 0 Å². The van der Waals surface area contributed by atoms with Crippen molar-refractivity contribution in [3.05, 3.63) is 41.6 Å². The van der Waals surface area contributed by atoms with Gasteiger partial charge in [0.2, 0.25) is 0 Å². The highest BCUT2D eigenvalue weighted by Gasteiger charge is 2.30. The van der Waals surface area contributed by atoms with E-state index in [4.69, 9.17) is 0 Å². The second-order valence-electron chi connectivity index (χ2n) is 4.11. The summed E-state index contributed by atoms with van der Waals surface area (Å²) in [6.45, 7) is 0. The molecule has 0 unspecified atom stereocenters. The van der Waals surface area contributed by atoms with Crippen molar-refractivity contribution in [3.8, 4) is 11.3 Å². The molecule has 0 aliphatic rings. The van der Waals surface area contributed by atoms with Crippen LogP contribution in [0, 0.1) is 0 Å². The first-order valence-electron chi connectivity index (χ1n) is 5.63. The lowest BCUT2D eigenvalue weighted by molar-refractivity contribution is -0.137. The van der Waals surface area contributed by atoms with Crippen LogP contribution in [0.25, 0.3) is 11.3 Å². The van der Waals surface area contributed by atoms with Gasteiger partial charge in [-0.2, -0.15) is 18.3 Å². The van der Waals surface area contributed by atoms with Crippen LogP contribution < -0.4 is 0 Å². The predicted molar refractivity (Wildman–Crippen MR) is 65.0 cm³/mol. The van der Waals surface area contributed by atoms with Gasteiger partial charge in [0.05, 0.1) is 18.4 Å². The van der Waals surface area contributed by atoms with Crippen molar-refractivity contribution in [3.63, 3.8) is 0 Å². The third-order valence-electron chi connectivity index (χ3n) is 2.78. The molecule has 106 valence electrons. The van der Waals surface area contributed by atoms with Crippen molar-refractivity contribution in [2.45, 2.75) is 6.18 Å². The van der Waals surface area contributed by atoms with E-state index < -0.39 is 17.7 Å². The molecular weight excluding hydrogens is 273 g/mol. The van der Waals surface area contributed by atoms with E-state index in [0.717, 1.165) is 12.1 Å². The number of ether oxygens (including phenoxy) is 1. The Hall–Kier alpha value is -2.31. The van der Waals surface area contributed by atoms with Crippen LogP contribution in [0.5, 0.6) is 0 Å². The summed E-state index contributed by atoms with van der Waals surface area (Å²) in [7, 11) is 2.83. The standard InChI is InChI=1S/C13H11F3N2O2/c1-18-11(7-10(17-18)12(19)20-2)8-3-5-9(6-4-8)13(14,15)16/h3-7H,1-2H3. The van der Waals surface area contributed by atoms with Crippen molar-refractivity contribution < 1.29 is 22.7 Å². The summed E-state index contributed by atoms with van der Waals surface area (Å²) in [6, 6.07) is 6.11. The lowest BCUT2D eigenvalue weighted by atomic mass is 10.1. The lowest BCUT2D eigenvalue weighted by Crippen LogP contribution is -2.04. The van der Waals surface area contributed by atoms with E-state index in [-0.39, 0.29) is 5.69 Å². The molecule has 0 N–H and O–H groups in total. The first-order chi connectivity index (χ1) is 9.32. The van der Waals surface area contributed by atoms with E-state index in [1.54, 1.807) is 7.05 Å². The number of hydrogen-bond acceptors (Lipinski definition) is 3. The zero-order valence-electron chi connectivity index (χ0n) is 10.7. The molecule has 7 heteroatoms. The lowest BCUT2D eigenvalue weighted by Gasteiger charge is -2.07. The average molecular weight is 284 g/mol. The van der Waals surface area contributed by atoms with Crippen LogP contribution in [-0.2, 0) is 18.0 Å². The molecule has 0 aliphatic carbocycles. The molecule has 1 aromatic carbocycles. The molecular formula is C13H11F3N2O2. The molecule has 0 saturated carbocycles. The molecule has 0 fully saturated rings. The molecule has 2 rings (SSSR count). The summed E-state index contributed by atoms with van der Waals surface area (Å²) in [4.78, 5) is 11.3. The first-order valence-corrected chi connectivity index (χ1v) is 5.63. The highest BCUT2D eigenvalue weighted by Crippen LogP contribution is 2.31. The number of aryl methyl sites for hydroxylation is 1. The van der Waals surface area contributed by atoms with Gasteiger partial charge in [-0.05, 0) is 23.8 Å². The molecule has 0 aliphatic heterocycles. The summed E-state index contributed by atoms with van der Waals surface area (Å²) in [5, 5.41) is 3.95. The van der Waals surface area contributed by atoms with E-state index in [2.05, 4.69) is 9.84 Å². The van der Waals surface area contributed by atoms with Crippen LogP contribution in [0.3, 0.4) is 0 Å². The fraction of sp³-hybridized carbons (Fsp3) is 0.231. The minimum absolute atomic E-state index is 0.102. The third kappa shape index (κ3) is 2.66. The van der Waals surface area contributed by atoms with Gasteiger partial charge in [0.25, 0.3) is 0 Å². The zero-order chi connectivity index (χ0) is 14.9. The maximum atomic E-state index is 12.5. The molecule has 1 aromatic heterocycles.